The monoisotopic (exact) mass is 191 g/mol. The van der Waals surface area contributed by atoms with Crippen molar-refractivity contribution in [2.24, 2.45) is 0 Å². The van der Waals surface area contributed by atoms with Crippen LogP contribution in [0.4, 0.5) is 0 Å². The van der Waals surface area contributed by atoms with E-state index in [9.17, 15) is 0 Å². The van der Waals surface area contributed by atoms with Gasteiger partial charge in [-0.2, -0.15) is 0 Å². The van der Waals surface area contributed by atoms with Crippen LogP contribution in [0.15, 0.2) is 18.2 Å². The van der Waals surface area contributed by atoms with Crippen LogP contribution >= 0.6 is 0 Å². The fraction of sp³-hybridized carbons (Fsp3) is 0.538. The lowest BCUT2D eigenvalue weighted by Gasteiger charge is -2.19. The van der Waals surface area contributed by atoms with E-state index in [0.29, 0.717) is 12.1 Å². The molecular weight excluding hydrogens is 170 g/mol. The normalized spacial score (nSPS) is 13.3. The Hall–Kier alpha value is -0.820. The Labute approximate surface area is 87.5 Å². The first-order chi connectivity index (χ1) is 6.50. The molecule has 1 nitrogen and oxygen atoms in total. The molecule has 0 aliphatic rings. The van der Waals surface area contributed by atoms with E-state index >= 15 is 0 Å². The van der Waals surface area contributed by atoms with E-state index in [-0.39, 0.29) is 0 Å². The number of aryl methyl sites for hydroxylation is 2. The van der Waals surface area contributed by atoms with Crippen LogP contribution in [-0.4, -0.2) is 6.04 Å². The van der Waals surface area contributed by atoms with Crippen LogP contribution in [0.5, 0.6) is 0 Å². The maximum absolute atomic E-state index is 3.53. The second-order valence-electron chi connectivity index (χ2n) is 4.40. The molecule has 0 heterocycles. The van der Waals surface area contributed by atoms with Crippen molar-refractivity contribution in [2.75, 3.05) is 0 Å². The SMILES string of the molecule is Cc1ccc(C)c(C(C)NC(C)C)c1. The fourth-order valence-corrected chi connectivity index (χ4v) is 1.82. The Morgan fingerprint density at radius 1 is 1.07 bits per heavy atom. The van der Waals surface area contributed by atoms with Gasteiger partial charge in [0, 0.05) is 12.1 Å². The van der Waals surface area contributed by atoms with Gasteiger partial charge in [-0.25, -0.2) is 0 Å². The summed E-state index contributed by atoms with van der Waals surface area (Å²) in [5.41, 5.74) is 4.12. The number of rotatable bonds is 3. The van der Waals surface area contributed by atoms with Crippen LogP contribution in [0.2, 0.25) is 0 Å². The van der Waals surface area contributed by atoms with Gasteiger partial charge >= 0.3 is 0 Å². The van der Waals surface area contributed by atoms with Gasteiger partial charge in [-0.3, -0.25) is 0 Å². The summed E-state index contributed by atoms with van der Waals surface area (Å²) in [4.78, 5) is 0. The zero-order valence-electron chi connectivity index (χ0n) is 9.89. The van der Waals surface area contributed by atoms with Gasteiger partial charge in [-0.05, 0) is 31.9 Å². The molecule has 1 aromatic rings. The van der Waals surface area contributed by atoms with Crippen LogP contribution in [0.25, 0.3) is 0 Å². The Morgan fingerprint density at radius 2 is 1.71 bits per heavy atom. The second-order valence-corrected chi connectivity index (χ2v) is 4.40. The van der Waals surface area contributed by atoms with Crippen molar-refractivity contribution < 1.29 is 0 Å². The van der Waals surface area contributed by atoms with E-state index in [0.717, 1.165) is 0 Å². The van der Waals surface area contributed by atoms with Gasteiger partial charge in [0.1, 0.15) is 0 Å². The van der Waals surface area contributed by atoms with Crippen molar-refractivity contribution in [1.29, 1.82) is 0 Å². The molecule has 1 rings (SSSR count). The highest BCUT2D eigenvalue weighted by atomic mass is 14.9. The highest BCUT2D eigenvalue weighted by Crippen LogP contribution is 2.19. The number of hydrogen-bond donors (Lipinski definition) is 1. The molecule has 14 heavy (non-hydrogen) atoms. The molecule has 78 valence electrons. The highest BCUT2D eigenvalue weighted by molar-refractivity contribution is 5.32. The lowest BCUT2D eigenvalue weighted by atomic mass is 9.99. The highest BCUT2D eigenvalue weighted by Gasteiger charge is 2.08. The molecule has 1 heteroatoms. The molecule has 0 spiro atoms. The predicted molar refractivity (Wildman–Crippen MR) is 62.6 cm³/mol. The summed E-state index contributed by atoms with van der Waals surface area (Å²) >= 11 is 0. The average molecular weight is 191 g/mol. The fourth-order valence-electron chi connectivity index (χ4n) is 1.82. The summed E-state index contributed by atoms with van der Waals surface area (Å²) in [5, 5.41) is 3.53. The van der Waals surface area contributed by atoms with Gasteiger partial charge in [0.05, 0.1) is 0 Å². The molecule has 1 N–H and O–H groups in total. The summed E-state index contributed by atoms with van der Waals surface area (Å²) in [6.07, 6.45) is 0. The van der Waals surface area contributed by atoms with Gasteiger partial charge in [0.2, 0.25) is 0 Å². The molecule has 0 saturated heterocycles. The average Bonchev–Trinajstić information content (AvgIpc) is 2.08. The molecule has 0 radical (unpaired) electrons. The molecule has 0 aliphatic carbocycles. The topological polar surface area (TPSA) is 12.0 Å². The molecule has 0 aliphatic heterocycles. The minimum absolute atomic E-state index is 0.440. The number of hydrogen-bond acceptors (Lipinski definition) is 1. The van der Waals surface area contributed by atoms with E-state index in [4.69, 9.17) is 0 Å². The van der Waals surface area contributed by atoms with E-state index in [1.54, 1.807) is 0 Å². The predicted octanol–water partition coefficient (Wildman–Crippen LogP) is 3.36. The number of benzene rings is 1. The molecule has 0 saturated carbocycles. The van der Waals surface area contributed by atoms with Crippen LogP contribution in [-0.2, 0) is 0 Å². The second kappa shape index (κ2) is 4.61. The van der Waals surface area contributed by atoms with Crippen LogP contribution in [0, 0.1) is 13.8 Å². The number of nitrogens with one attached hydrogen (secondary N) is 1. The summed E-state index contributed by atoms with van der Waals surface area (Å²) in [6.45, 7) is 10.9. The Morgan fingerprint density at radius 3 is 2.29 bits per heavy atom. The summed E-state index contributed by atoms with van der Waals surface area (Å²) in [5.74, 6) is 0. The first kappa shape index (κ1) is 11.3. The summed E-state index contributed by atoms with van der Waals surface area (Å²) in [7, 11) is 0. The van der Waals surface area contributed by atoms with E-state index in [1.807, 2.05) is 0 Å². The molecule has 1 unspecified atom stereocenters. The van der Waals surface area contributed by atoms with Gasteiger partial charge in [0.25, 0.3) is 0 Å². The van der Waals surface area contributed by atoms with Gasteiger partial charge in [0.15, 0.2) is 0 Å². The van der Waals surface area contributed by atoms with Crippen molar-refractivity contribution in [3.63, 3.8) is 0 Å². The maximum Gasteiger partial charge on any atom is 0.0296 e. The van der Waals surface area contributed by atoms with Crippen molar-refractivity contribution >= 4 is 0 Å². The molecule has 0 amide bonds. The van der Waals surface area contributed by atoms with Crippen molar-refractivity contribution in [3.8, 4) is 0 Å². The molecule has 0 aromatic heterocycles. The maximum atomic E-state index is 3.53. The van der Waals surface area contributed by atoms with E-state index in [2.05, 4.69) is 58.1 Å². The molecule has 0 fully saturated rings. The molecular formula is C13H21N. The molecule has 1 aromatic carbocycles. The van der Waals surface area contributed by atoms with Gasteiger partial charge in [-0.15, -0.1) is 0 Å². The smallest absolute Gasteiger partial charge is 0.0296 e. The Bertz CT molecular complexity index is 302. The first-order valence-corrected chi connectivity index (χ1v) is 5.34. The summed E-state index contributed by atoms with van der Waals surface area (Å²) < 4.78 is 0. The minimum atomic E-state index is 0.440. The summed E-state index contributed by atoms with van der Waals surface area (Å²) in [6, 6.07) is 7.61. The van der Waals surface area contributed by atoms with Crippen LogP contribution < -0.4 is 5.32 Å². The molecule has 1 atom stereocenters. The molecule has 0 bridgehead atoms. The Kier molecular flexibility index (Phi) is 3.70. The quantitative estimate of drug-likeness (QED) is 0.772. The van der Waals surface area contributed by atoms with Crippen LogP contribution in [0.1, 0.15) is 43.5 Å². The lowest BCUT2D eigenvalue weighted by Crippen LogP contribution is -2.26. The van der Waals surface area contributed by atoms with E-state index < -0.39 is 0 Å². The third-order valence-electron chi connectivity index (χ3n) is 2.48. The zero-order chi connectivity index (χ0) is 10.7. The Balaban J connectivity index is 2.88. The van der Waals surface area contributed by atoms with Crippen molar-refractivity contribution in [2.45, 2.75) is 46.7 Å². The van der Waals surface area contributed by atoms with Crippen LogP contribution in [0.3, 0.4) is 0 Å². The largest absolute Gasteiger partial charge is 0.308 e. The van der Waals surface area contributed by atoms with E-state index in [1.165, 1.54) is 16.7 Å². The minimum Gasteiger partial charge on any atom is -0.308 e. The first-order valence-electron chi connectivity index (χ1n) is 5.34. The zero-order valence-corrected chi connectivity index (χ0v) is 9.89. The third kappa shape index (κ3) is 2.85. The van der Waals surface area contributed by atoms with Gasteiger partial charge in [-0.1, -0.05) is 37.6 Å². The van der Waals surface area contributed by atoms with Gasteiger partial charge < -0.3 is 5.32 Å². The van der Waals surface area contributed by atoms with Crippen molar-refractivity contribution in [1.82, 2.24) is 5.32 Å². The standard InChI is InChI=1S/C13H21N/c1-9(2)14-12(5)13-8-10(3)6-7-11(13)4/h6-9,12,14H,1-5H3. The third-order valence-corrected chi connectivity index (χ3v) is 2.48. The van der Waals surface area contributed by atoms with Crippen molar-refractivity contribution in [3.05, 3.63) is 34.9 Å². The lowest BCUT2D eigenvalue weighted by molar-refractivity contribution is 0.504.